The minimum atomic E-state index is -1.03. The second kappa shape index (κ2) is 3.98. The van der Waals surface area contributed by atoms with Gasteiger partial charge in [-0.25, -0.2) is 0 Å². The normalized spacial score (nSPS) is 31.4. The van der Waals surface area contributed by atoms with Crippen LogP contribution in [0.1, 0.15) is 18.4 Å². The summed E-state index contributed by atoms with van der Waals surface area (Å²) in [7, 11) is 0. The Morgan fingerprint density at radius 2 is 2.20 bits per heavy atom. The van der Waals surface area contributed by atoms with E-state index < -0.39 is 5.41 Å². The van der Waals surface area contributed by atoms with Gasteiger partial charge in [0.15, 0.2) is 17.8 Å². The molecule has 0 saturated carbocycles. The summed E-state index contributed by atoms with van der Waals surface area (Å²) >= 11 is 6.30. The third kappa shape index (κ3) is 1.32. The minimum Gasteiger partial charge on any atom is -0.457 e. The lowest BCUT2D eigenvalue weighted by atomic mass is 9.69. The molecule has 0 amide bonds. The van der Waals surface area contributed by atoms with Gasteiger partial charge in [0.1, 0.15) is 0 Å². The van der Waals surface area contributed by atoms with E-state index in [1.54, 1.807) is 0 Å². The third-order valence-electron chi connectivity index (χ3n) is 4.88. The summed E-state index contributed by atoms with van der Waals surface area (Å²) < 4.78 is 5.06. The first-order valence-corrected chi connectivity index (χ1v) is 7.27. The Balaban J connectivity index is 1.94. The lowest BCUT2D eigenvalue weighted by Crippen LogP contribution is -2.55. The number of fused-ring (bicyclic) bond motifs is 4. The Kier molecular flexibility index (Phi) is 2.43. The number of halogens is 1. The SMILES string of the molecule is O=C1COC(=O)C12Cc1c(Cl)cccc1N1CCCC12. The standard InChI is InChI=1S/C15H14ClNO3/c16-10-3-1-4-11-9(10)7-15(12-5-2-6-17(11)12)13(18)8-20-14(15)19/h1,3-4,12H,2,5-8H2. The number of ketones is 1. The van der Waals surface area contributed by atoms with E-state index >= 15 is 0 Å². The molecule has 1 spiro atoms. The highest BCUT2D eigenvalue weighted by molar-refractivity contribution is 6.32. The summed E-state index contributed by atoms with van der Waals surface area (Å²) in [6, 6.07) is 5.69. The third-order valence-corrected chi connectivity index (χ3v) is 5.23. The molecule has 2 unspecified atom stereocenters. The van der Waals surface area contributed by atoms with E-state index in [0.717, 1.165) is 30.6 Å². The number of anilines is 1. The van der Waals surface area contributed by atoms with Crippen molar-refractivity contribution in [1.82, 2.24) is 0 Å². The van der Waals surface area contributed by atoms with E-state index in [4.69, 9.17) is 16.3 Å². The lowest BCUT2D eigenvalue weighted by molar-refractivity contribution is -0.148. The Labute approximate surface area is 121 Å². The van der Waals surface area contributed by atoms with Gasteiger partial charge in [-0.2, -0.15) is 0 Å². The number of ether oxygens (including phenoxy) is 1. The molecule has 3 aliphatic rings. The maximum absolute atomic E-state index is 12.4. The van der Waals surface area contributed by atoms with Gasteiger partial charge >= 0.3 is 5.97 Å². The maximum Gasteiger partial charge on any atom is 0.322 e. The summed E-state index contributed by atoms with van der Waals surface area (Å²) in [6.45, 7) is 0.767. The molecule has 20 heavy (non-hydrogen) atoms. The number of cyclic esters (lactones) is 1. The quantitative estimate of drug-likeness (QED) is 0.542. The van der Waals surface area contributed by atoms with Gasteiger partial charge in [-0.3, -0.25) is 9.59 Å². The largest absolute Gasteiger partial charge is 0.457 e. The Hall–Kier alpha value is -1.55. The van der Waals surface area contributed by atoms with Gasteiger partial charge < -0.3 is 9.64 Å². The van der Waals surface area contributed by atoms with Gasteiger partial charge in [-0.15, -0.1) is 0 Å². The number of carbonyl (C=O) groups excluding carboxylic acids is 2. The molecule has 3 heterocycles. The smallest absolute Gasteiger partial charge is 0.322 e. The average Bonchev–Trinajstić information content (AvgIpc) is 3.02. The molecule has 0 aromatic heterocycles. The molecule has 4 nitrogen and oxygen atoms in total. The van der Waals surface area contributed by atoms with Crippen molar-refractivity contribution in [1.29, 1.82) is 0 Å². The summed E-state index contributed by atoms with van der Waals surface area (Å²) in [6.07, 6.45) is 2.21. The van der Waals surface area contributed by atoms with Crippen LogP contribution < -0.4 is 4.90 Å². The predicted octanol–water partition coefficient (Wildman–Crippen LogP) is 1.98. The first-order chi connectivity index (χ1) is 9.64. The van der Waals surface area contributed by atoms with Crippen molar-refractivity contribution in [2.75, 3.05) is 18.1 Å². The summed E-state index contributed by atoms with van der Waals surface area (Å²) in [5.41, 5.74) is 0.937. The monoisotopic (exact) mass is 291 g/mol. The zero-order valence-corrected chi connectivity index (χ0v) is 11.7. The molecule has 0 N–H and O–H groups in total. The fourth-order valence-electron chi connectivity index (χ4n) is 3.95. The Morgan fingerprint density at radius 3 is 2.95 bits per heavy atom. The first-order valence-electron chi connectivity index (χ1n) is 6.89. The van der Waals surface area contributed by atoms with Crippen molar-refractivity contribution >= 4 is 29.0 Å². The molecule has 0 aliphatic carbocycles. The zero-order chi connectivity index (χ0) is 13.9. The second-order valence-electron chi connectivity index (χ2n) is 5.74. The van der Waals surface area contributed by atoms with Crippen LogP contribution in [0.15, 0.2) is 18.2 Å². The number of esters is 1. The zero-order valence-electron chi connectivity index (χ0n) is 10.9. The molecule has 0 bridgehead atoms. The van der Waals surface area contributed by atoms with Crippen molar-refractivity contribution in [2.24, 2.45) is 5.41 Å². The molecule has 4 rings (SSSR count). The molecule has 0 radical (unpaired) electrons. The van der Waals surface area contributed by atoms with Gasteiger partial charge in [-0.1, -0.05) is 17.7 Å². The second-order valence-corrected chi connectivity index (χ2v) is 6.14. The van der Waals surface area contributed by atoms with Crippen LogP contribution in [-0.2, 0) is 20.7 Å². The number of hydrogen-bond acceptors (Lipinski definition) is 4. The van der Waals surface area contributed by atoms with Gasteiger partial charge in [0.25, 0.3) is 0 Å². The number of hydrogen-bond donors (Lipinski definition) is 0. The topological polar surface area (TPSA) is 46.6 Å². The van der Waals surface area contributed by atoms with E-state index in [2.05, 4.69) is 4.90 Å². The summed E-state index contributed by atoms with van der Waals surface area (Å²) in [5, 5.41) is 0.625. The van der Waals surface area contributed by atoms with Crippen LogP contribution in [0, 0.1) is 5.41 Å². The Morgan fingerprint density at radius 1 is 1.35 bits per heavy atom. The van der Waals surface area contributed by atoms with Crippen LogP contribution >= 0.6 is 11.6 Å². The van der Waals surface area contributed by atoms with Crippen molar-refractivity contribution in [3.8, 4) is 0 Å². The van der Waals surface area contributed by atoms with Crippen LogP contribution in [0.25, 0.3) is 0 Å². The van der Waals surface area contributed by atoms with Gasteiger partial charge in [0.05, 0.1) is 6.04 Å². The highest BCUT2D eigenvalue weighted by Crippen LogP contribution is 2.50. The molecule has 2 atom stereocenters. The summed E-state index contributed by atoms with van der Waals surface area (Å²) in [5.74, 6) is -0.463. The fraction of sp³-hybridized carbons (Fsp3) is 0.467. The predicted molar refractivity (Wildman–Crippen MR) is 73.9 cm³/mol. The number of Topliss-reactive ketones (excluding diaryl/α,β-unsaturated/α-hetero) is 1. The van der Waals surface area contributed by atoms with Gasteiger partial charge in [0, 0.05) is 23.7 Å². The number of carbonyl (C=O) groups is 2. The summed E-state index contributed by atoms with van der Waals surface area (Å²) in [4.78, 5) is 26.9. The van der Waals surface area contributed by atoms with Gasteiger partial charge in [-0.05, 0) is 30.5 Å². The van der Waals surface area contributed by atoms with Crippen molar-refractivity contribution in [3.63, 3.8) is 0 Å². The van der Waals surface area contributed by atoms with Crippen LogP contribution in [0.3, 0.4) is 0 Å². The van der Waals surface area contributed by atoms with E-state index in [1.165, 1.54) is 0 Å². The van der Waals surface area contributed by atoms with Gasteiger partial charge in [0.2, 0.25) is 0 Å². The van der Waals surface area contributed by atoms with Crippen molar-refractivity contribution in [2.45, 2.75) is 25.3 Å². The van der Waals surface area contributed by atoms with E-state index in [9.17, 15) is 9.59 Å². The number of benzene rings is 1. The van der Waals surface area contributed by atoms with Crippen LogP contribution in [0.5, 0.6) is 0 Å². The molecule has 1 aromatic carbocycles. The lowest BCUT2D eigenvalue weighted by Gasteiger charge is -2.43. The van der Waals surface area contributed by atoms with Crippen molar-refractivity contribution in [3.05, 3.63) is 28.8 Å². The molecule has 5 heteroatoms. The van der Waals surface area contributed by atoms with E-state index in [1.807, 2.05) is 18.2 Å². The minimum absolute atomic E-state index is 0.0732. The van der Waals surface area contributed by atoms with E-state index in [-0.39, 0.29) is 24.4 Å². The molecule has 3 aliphatic heterocycles. The molecule has 2 fully saturated rings. The van der Waals surface area contributed by atoms with Crippen molar-refractivity contribution < 1.29 is 14.3 Å². The van der Waals surface area contributed by atoms with Crippen LogP contribution in [-0.4, -0.2) is 30.9 Å². The highest BCUT2D eigenvalue weighted by atomic mass is 35.5. The average molecular weight is 292 g/mol. The highest BCUT2D eigenvalue weighted by Gasteiger charge is 2.62. The van der Waals surface area contributed by atoms with Crippen LogP contribution in [0.2, 0.25) is 5.02 Å². The van der Waals surface area contributed by atoms with Crippen LogP contribution in [0.4, 0.5) is 5.69 Å². The first kappa shape index (κ1) is 12.2. The molecule has 104 valence electrons. The molecular formula is C15H14ClNO3. The Bertz CT molecular complexity index is 612. The van der Waals surface area contributed by atoms with E-state index in [0.29, 0.717) is 11.4 Å². The number of rotatable bonds is 0. The fourth-order valence-corrected chi connectivity index (χ4v) is 4.19. The molecule has 1 aromatic rings. The maximum atomic E-state index is 12.4. The number of nitrogens with zero attached hydrogens (tertiary/aromatic N) is 1. The molecule has 2 saturated heterocycles. The molecular weight excluding hydrogens is 278 g/mol.